The lowest BCUT2D eigenvalue weighted by atomic mass is 10.1. The van der Waals surface area contributed by atoms with Crippen molar-refractivity contribution in [3.63, 3.8) is 0 Å². The number of hydrogen-bond donors (Lipinski definition) is 3. The lowest BCUT2D eigenvalue weighted by Crippen LogP contribution is -2.48. The minimum atomic E-state index is -0.424. The summed E-state index contributed by atoms with van der Waals surface area (Å²) in [5.41, 5.74) is 0.948. The van der Waals surface area contributed by atoms with Crippen molar-refractivity contribution in [1.82, 2.24) is 16.0 Å². The van der Waals surface area contributed by atoms with E-state index in [0.29, 0.717) is 18.0 Å². The van der Waals surface area contributed by atoms with Crippen molar-refractivity contribution in [2.75, 3.05) is 13.1 Å². The zero-order valence-corrected chi connectivity index (χ0v) is 13.5. The van der Waals surface area contributed by atoms with Crippen LogP contribution in [-0.4, -0.2) is 30.9 Å². The molecule has 1 aliphatic rings. The standard InChI is InChI=1S/C16H22ClN3O2/c1-11(12-6-2-3-7-13(12)17)19-10-15(21)20-14-8-4-5-9-18-16(14)22/h2-3,6-7,11,14,19H,4-5,8-10H2,1H3,(H,18,22)(H,20,21)/t11-,14-/m0/s1. The van der Waals surface area contributed by atoms with Crippen molar-refractivity contribution in [2.24, 2.45) is 0 Å². The summed E-state index contributed by atoms with van der Waals surface area (Å²) in [7, 11) is 0. The monoisotopic (exact) mass is 323 g/mol. The normalized spacial score (nSPS) is 19.9. The van der Waals surface area contributed by atoms with Gasteiger partial charge in [0.2, 0.25) is 11.8 Å². The van der Waals surface area contributed by atoms with Gasteiger partial charge in [0.05, 0.1) is 6.54 Å². The van der Waals surface area contributed by atoms with Crippen molar-refractivity contribution in [1.29, 1.82) is 0 Å². The molecule has 0 unspecified atom stereocenters. The maximum absolute atomic E-state index is 12.0. The first-order chi connectivity index (χ1) is 10.6. The van der Waals surface area contributed by atoms with Crippen LogP contribution in [0.15, 0.2) is 24.3 Å². The summed E-state index contributed by atoms with van der Waals surface area (Å²) in [5.74, 6) is -0.272. The van der Waals surface area contributed by atoms with Crippen LogP contribution in [0.2, 0.25) is 5.02 Å². The maximum atomic E-state index is 12.0. The molecule has 2 rings (SSSR count). The van der Waals surface area contributed by atoms with E-state index in [0.717, 1.165) is 18.4 Å². The molecule has 2 amide bonds. The van der Waals surface area contributed by atoms with Crippen LogP contribution in [0.4, 0.5) is 0 Å². The first kappa shape index (κ1) is 16.8. The van der Waals surface area contributed by atoms with Crippen molar-refractivity contribution >= 4 is 23.4 Å². The fraction of sp³-hybridized carbons (Fsp3) is 0.500. The molecule has 1 aromatic carbocycles. The predicted molar refractivity (Wildman–Crippen MR) is 86.7 cm³/mol. The summed E-state index contributed by atoms with van der Waals surface area (Å²) in [6.07, 6.45) is 2.59. The molecule has 1 saturated heterocycles. The summed E-state index contributed by atoms with van der Waals surface area (Å²) in [6, 6.07) is 7.07. The van der Waals surface area contributed by atoms with E-state index in [2.05, 4.69) is 16.0 Å². The minimum Gasteiger partial charge on any atom is -0.354 e. The Kier molecular flexibility index (Phi) is 6.21. The fourth-order valence-corrected chi connectivity index (χ4v) is 2.80. The van der Waals surface area contributed by atoms with Gasteiger partial charge >= 0.3 is 0 Å². The Morgan fingerprint density at radius 2 is 2.18 bits per heavy atom. The van der Waals surface area contributed by atoms with Gasteiger partial charge in [-0.2, -0.15) is 0 Å². The molecule has 0 spiro atoms. The molecule has 120 valence electrons. The molecule has 22 heavy (non-hydrogen) atoms. The second-order valence-corrected chi connectivity index (χ2v) is 5.94. The van der Waals surface area contributed by atoms with E-state index in [-0.39, 0.29) is 24.4 Å². The van der Waals surface area contributed by atoms with Crippen LogP contribution in [-0.2, 0) is 9.59 Å². The molecule has 1 aromatic rings. The first-order valence-corrected chi connectivity index (χ1v) is 8.00. The number of hydrogen-bond acceptors (Lipinski definition) is 3. The minimum absolute atomic E-state index is 0.0394. The molecule has 0 aromatic heterocycles. The van der Waals surface area contributed by atoms with E-state index in [9.17, 15) is 9.59 Å². The van der Waals surface area contributed by atoms with Gasteiger partial charge < -0.3 is 16.0 Å². The van der Waals surface area contributed by atoms with E-state index >= 15 is 0 Å². The van der Waals surface area contributed by atoms with Gasteiger partial charge in [0, 0.05) is 17.6 Å². The number of halogens is 1. The summed E-state index contributed by atoms with van der Waals surface area (Å²) in [6.45, 7) is 2.79. The van der Waals surface area contributed by atoms with Crippen LogP contribution in [0.1, 0.15) is 37.8 Å². The first-order valence-electron chi connectivity index (χ1n) is 7.63. The topological polar surface area (TPSA) is 70.2 Å². The van der Waals surface area contributed by atoms with Gasteiger partial charge in [-0.25, -0.2) is 0 Å². The third-order valence-corrected chi connectivity index (χ3v) is 4.16. The Morgan fingerprint density at radius 3 is 2.95 bits per heavy atom. The molecule has 0 aliphatic carbocycles. The molecule has 5 nitrogen and oxygen atoms in total. The van der Waals surface area contributed by atoms with Crippen LogP contribution in [0.3, 0.4) is 0 Å². The van der Waals surface area contributed by atoms with Crippen molar-refractivity contribution < 1.29 is 9.59 Å². The number of carbonyl (C=O) groups excluding carboxylic acids is 2. The zero-order valence-electron chi connectivity index (χ0n) is 12.7. The lowest BCUT2D eigenvalue weighted by Gasteiger charge is -2.18. The number of nitrogens with one attached hydrogen (secondary N) is 3. The highest BCUT2D eigenvalue weighted by Crippen LogP contribution is 2.21. The fourth-order valence-electron chi connectivity index (χ4n) is 2.50. The maximum Gasteiger partial charge on any atom is 0.242 e. The molecule has 2 atom stereocenters. The summed E-state index contributed by atoms with van der Waals surface area (Å²) in [4.78, 5) is 23.8. The average Bonchev–Trinajstić information content (AvgIpc) is 2.70. The highest BCUT2D eigenvalue weighted by atomic mass is 35.5. The van der Waals surface area contributed by atoms with E-state index in [1.807, 2.05) is 31.2 Å². The van der Waals surface area contributed by atoms with Crippen molar-refractivity contribution in [2.45, 2.75) is 38.3 Å². The summed E-state index contributed by atoms with van der Waals surface area (Å²) >= 11 is 6.13. The molecule has 0 bridgehead atoms. The zero-order chi connectivity index (χ0) is 15.9. The van der Waals surface area contributed by atoms with Crippen LogP contribution in [0, 0.1) is 0 Å². The Labute approximate surface area is 135 Å². The molecular formula is C16H22ClN3O2. The SMILES string of the molecule is C[C@H](NCC(=O)N[C@H]1CCCCNC1=O)c1ccccc1Cl. The van der Waals surface area contributed by atoms with E-state index in [1.54, 1.807) is 0 Å². The largest absolute Gasteiger partial charge is 0.354 e. The molecule has 0 radical (unpaired) electrons. The second kappa shape index (κ2) is 8.15. The molecule has 1 fully saturated rings. The Balaban J connectivity index is 1.82. The third kappa shape index (κ3) is 4.71. The van der Waals surface area contributed by atoms with Gasteiger partial charge in [-0.15, -0.1) is 0 Å². The third-order valence-electron chi connectivity index (χ3n) is 3.81. The molecule has 1 aliphatic heterocycles. The summed E-state index contributed by atoms with van der Waals surface area (Å²) < 4.78 is 0. The smallest absolute Gasteiger partial charge is 0.242 e. The Hall–Kier alpha value is -1.59. The van der Waals surface area contributed by atoms with Gasteiger partial charge in [0.1, 0.15) is 6.04 Å². The predicted octanol–water partition coefficient (Wildman–Crippen LogP) is 1.78. The van der Waals surface area contributed by atoms with E-state index in [4.69, 9.17) is 11.6 Å². The van der Waals surface area contributed by atoms with Gasteiger partial charge in [-0.3, -0.25) is 9.59 Å². The van der Waals surface area contributed by atoms with Gasteiger partial charge in [0.25, 0.3) is 0 Å². The van der Waals surface area contributed by atoms with E-state index < -0.39 is 6.04 Å². The summed E-state index contributed by atoms with van der Waals surface area (Å²) in [5, 5.41) is 9.39. The molecular weight excluding hydrogens is 302 g/mol. The van der Waals surface area contributed by atoms with Crippen molar-refractivity contribution in [3.05, 3.63) is 34.9 Å². The second-order valence-electron chi connectivity index (χ2n) is 5.53. The quantitative estimate of drug-likeness (QED) is 0.773. The van der Waals surface area contributed by atoms with Gasteiger partial charge in [0.15, 0.2) is 0 Å². The van der Waals surface area contributed by atoms with E-state index in [1.165, 1.54) is 0 Å². The van der Waals surface area contributed by atoms with Gasteiger partial charge in [-0.05, 0) is 37.8 Å². The highest BCUT2D eigenvalue weighted by Gasteiger charge is 2.22. The molecule has 0 saturated carbocycles. The number of rotatable bonds is 5. The number of benzene rings is 1. The van der Waals surface area contributed by atoms with Crippen LogP contribution >= 0.6 is 11.6 Å². The van der Waals surface area contributed by atoms with Crippen LogP contribution in [0.25, 0.3) is 0 Å². The van der Waals surface area contributed by atoms with Gasteiger partial charge in [-0.1, -0.05) is 29.8 Å². The van der Waals surface area contributed by atoms with Crippen LogP contribution in [0.5, 0.6) is 0 Å². The number of amides is 2. The number of carbonyl (C=O) groups is 2. The Morgan fingerprint density at radius 1 is 1.41 bits per heavy atom. The Bertz CT molecular complexity index is 536. The van der Waals surface area contributed by atoms with Crippen molar-refractivity contribution in [3.8, 4) is 0 Å². The average molecular weight is 324 g/mol. The highest BCUT2D eigenvalue weighted by molar-refractivity contribution is 6.31. The lowest BCUT2D eigenvalue weighted by molar-refractivity contribution is -0.128. The molecule has 1 heterocycles. The molecule has 3 N–H and O–H groups in total. The molecule has 6 heteroatoms. The van der Waals surface area contributed by atoms with Crippen LogP contribution < -0.4 is 16.0 Å².